The van der Waals surface area contributed by atoms with Gasteiger partial charge in [0.15, 0.2) is 0 Å². The maximum atomic E-state index is 13.6. The van der Waals surface area contributed by atoms with Gasteiger partial charge in [-0.25, -0.2) is 0 Å². The topological polar surface area (TPSA) is 104 Å². The minimum Gasteiger partial charge on any atom is -0.626 e. The number of hydrogen-bond acceptors (Lipinski definition) is 5. The average Bonchev–Trinajstić information content (AvgIpc) is 3.38. The van der Waals surface area contributed by atoms with Gasteiger partial charge in [-0.3, -0.25) is 9.69 Å². The van der Waals surface area contributed by atoms with Crippen molar-refractivity contribution < 1.29 is 79.0 Å². The number of halogens is 3. The van der Waals surface area contributed by atoms with Crippen LogP contribution in [0.2, 0.25) is 0 Å². The van der Waals surface area contributed by atoms with E-state index in [9.17, 15) is 33.0 Å². The molecule has 7 nitrogen and oxygen atoms in total. The number of aliphatic imine (C=N–C) groups is 1. The van der Waals surface area contributed by atoms with Crippen molar-refractivity contribution in [3.05, 3.63) is 113 Å². The first kappa shape index (κ1) is 35.5. The standard InChI is InChI=1S/C30H29F3N3O4.Na.Ni/c1-29(40,30(31,32)33)26(28(38)39)35-25(21-13-6-3-7-14-21)22-15-8-9-16-23(22)34-27(37)24-17-10-18-36(24)19-20-11-4-2-5-12-20;;/h2-9,11-16,24,40H,10,17-19H2,1H3,(H2,34,35,37,38,39);;/q-1;+1;/p-1/t24-,29?;;/m0../s1. The molecule has 1 aliphatic rings. The number of carbonyl (C=O) groups excluding carboxylic acids is 1. The van der Waals surface area contributed by atoms with Gasteiger partial charge in [0.25, 0.3) is 5.97 Å². The first-order chi connectivity index (χ1) is 19.0. The number of likely N-dealkylation sites (tertiary alicyclic amines) is 1. The third kappa shape index (κ3) is 8.25. The number of amides is 1. The quantitative estimate of drug-likeness (QED) is 0.215. The molecule has 1 fully saturated rings. The summed E-state index contributed by atoms with van der Waals surface area (Å²) in [5, 5.41) is 24.2. The Hall–Kier alpha value is -2.66. The number of benzene rings is 3. The van der Waals surface area contributed by atoms with E-state index in [-0.39, 0.29) is 68.6 Å². The van der Waals surface area contributed by atoms with Crippen molar-refractivity contribution in [2.45, 2.75) is 44.1 Å². The van der Waals surface area contributed by atoms with Gasteiger partial charge in [-0.2, -0.15) is 13.2 Å². The van der Waals surface area contributed by atoms with E-state index >= 15 is 0 Å². The Balaban J connectivity index is 0.00000308. The van der Waals surface area contributed by atoms with E-state index in [0.717, 1.165) is 12.0 Å². The molecular weight excluding hydrogens is 605 g/mol. The monoisotopic (exact) mass is 632 g/mol. The number of nitrogens with zero attached hydrogens (tertiary/aromatic N) is 3. The zero-order valence-electron chi connectivity index (χ0n) is 23.0. The number of hydrogen-bond donors (Lipinski definition) is 2. The predicted molar refractivity (Wildman–Crippen MR) is 144 cm³/mol. The average molecular weight is 633 g/mol. The van der Waals surface area contributed by atoms with Gasteiger partial charge >= 0.3 is 35.7 Å². The van der Waals surface area contributed by atoms with Crippen LogP contribution in [0.5, 0.6) is 0 Å². The van der Waals surface area contributed by atoms with Crippen LogP contribution in [0.4, 0.5) is 18.9 Å². The van der Waals surface area contributed by atoms with Gasteiger partial charge in [0.1, 0.15) is 5.60 Å². The van der Waals surface area contributed by atoms with Crippen molar-refractivity contribution in [2.75, 3.05) is 6.54 Å². The molecule has 2 N–H and O–H groups in total. The Labute approximate surface area is 274 Å². The van der Waals surface area contributed by atoms with Crippen LogP contribution in [0.3, 0.4) is 0 Å². The molecule has 1 unspecified atom stereocenters. The van der Waals surface area contributed by atoms with Crippen molar-refractivity contribution in [1.29, 1.82) is 0 Å². The fourth-order valence-electron chi connectivity index (χ4n) is 4.56. The Bertz CT molecular complexity index is 1370. The van der Waals surface area contributed by atoms with Crippen molar-refractivity contribution >= 4 is 23.3 Å². The molecule has 42 heavy (non-hydrogen) atoms. The molecule has 0 saturated carbocycles. The van der Waals surface area contributed by atoms with Crippen molar-refractivity contribution in [1.82, 2.24) is 4.90 Å². The number of alkyl halides is 3. The molecule has 0 radical (unpaired) electrons. The summed E-state index contributed by atoms with van der Waals surface area (Å²) in [5.41, 5.74) is -2.33. The molecule has 3 aromatic rings. The molecule has 0 aliphatic carbocycles. The van der Waals surface area contributed by atoms with Gasteiger partial charge < -0.3 is 25.3 Å². The molecule has 3 aromatic carbocycles. The molecular formula is C30H28F3N3NaNiO4-. The molecule has 1 saturated heterocycles. The molecule has 4 rings (SSSR count). The van der Waals surface area contributed by atoms with Crippen LogP contribution >= 0.6 is 0 Å². The van der Waals surface area contributed by atoms with E-state index in [1.807, 2.05) is 35.2 Å². The van der Waals surface area contributed by atoms with Crippen LogP contribution in [0.1, 0.15) is 36.5 Å². The van der Waals surface area contributed by atoms with Crippen LogP contribution in [-0.4, -0.2) is 57.1 Å². The van der Waals surface area contributed by atoms with Gasteiger partial charge in [0.2, 0.25) is 0 Å². The van der Waals surface area contributed by atoms with E-state index in [2.05, 4.69) is 10.3 Å². The van der Waals surface area contributed by atoms with Crippen LogP contribution in [0, 0.1) is 6.04 Å². The summed E-state index contributed by atoms with van der Waals surface area (Å²) in [6.07, 6.45) is -3.90. The maximum Gasteiger partial charge on any atom is 1.00 e. The predicted octanol–water partition coefficient (Wildman–Crippen LogP) is 2.65. The summed E-state index contributed by atoms with van der Waals surface area (Å²) in [6.45, 7) is 1.61. The van der Waals surface area contributed by atoms with Crippen LogP contribution in [0.25, 0.3) is 5.32 Å². The zero-order chi connectivity index (χ0) is 28.9. The van der Waals surface area contributed by atoms with E-state index in [1.54, 1.807) is 30.3 Å². The molecule has 1 amide bonds. The van der Waals surface area contributed by atoms with E-state index in [1.165, 1.54) is 24.3 Å². The molecule has 0 bridgehead atoms. The summed E-state index contributed by atoms with van der Waals surface area (Å²) < 4.78 is 40.9. The molecule has 1 aliphatic heterocycles. The Morgan fingerprint density at radius 2 is 1.57 bits per heavy atom. The van der Waals surface area contributed by atoms with Gasteiger partial charge in [-0.05, 0) is 31.9 Å². The van der Waals surface area contributed by atoms with E-state index < -0.39 is 35.7 Å². The number of rotatable bonds is 9. The van der Waals surface area contributed by atoms with Crippen LogP contribution < -0.4 is 29.6 Å². The smallest absolute Gasteiger partial charge is 0.626 e. The SMILES string of the molecule is CC(O)([C-](N=C(c1ccccc1)c1ccccc1[N-]C(=O)[C@@H]1CCCN1Cc1ccccc1)C(=O)O)C(F)(F)F.[Na+].[Ni]. The second-order valence-corrected chi connectivity index (χ2v) is 9.63. The summed E-state index contributed by atoms with van der Waals surface area (Å²) in [6, 6.07) is 21.9. The van der Waals surface area contributed by atoms with Crippen LogP contribution in [-0.2, 0) is 32.6 Å². The summed E-state index contributed by atoms with van der Waals surface area (Å²) in [7, 11) is 0. The normalized spacial score (nSPS) is 16.9. The second kappa shape index (κ2) is 15.2. The summed E-state index contributed by atoms with van der Waals surface area (Å²) >= 11 is 0. The number of para-hydroxylation sites is 1. The fourth-order valence-corrected chi connectivity index (χ4v) is 4.56. The maximum absolute atomic E-state index is 13.6. The third-order valence-corrected chi connectivity index (χ3v) is 6.75. The van der Waals surface area contributed by atoms with Gasteiger partial charge in [0.05, 0.1) is 11.9 Å². The van der Waals surface area contributed by atoms with E-state index in [0.29, 0.717) is 26.4 Å². The summed E-state index contributed by atoms with van der Waals surface area (Å²) in [4.78, 5) is 31.2. The van der Waals surface area contributed by atoms with Gasteiger partial charge in [-0.15, -0.1) is 5.69 Å². The van der Waals surface area contributed by atoms with Gasteiger partial charge in [-0.1, -0.05) is 102 Å². The molecule has 2 atom stereocenters. The molecule has 220 valence electrons. The zero-order valence-corrected chi connectivity index (χ0v) is 26.0. The Morgan fingerprint density at radius 1 is 1.00 bits per heavy atom. The first-order valence-corrected chi connectivity index (χ1v) is 12.7. The van der Waals surface area contributed by atoms with Crippen LogP contribution in [0.15, 0.2) is 89.9 Å². The second-order valence-electron chi connectivity index (χ2n) is 9.63. The fraction of sp³-hybridized carbons (Fsp3) is 0.267. The van der Waals surface area contributed by atoms with Crippen molar-refractivity contribution in [2.24, 2.45) is 4.99 Å². The third-order valence-electron chi connectivity index (χ3n) is 6.75. The number of carboxylic acids is 1. The minimum atomic E-state index is -5.31. The molecule has 0 aromatic heterocycles. The summed E-state index contributed by atoms with van der Waals surface area (Å²) in [5.74, 6) is -2.46. The Morgan fingerprint density at radius 3 is 2.17 bits per heavy atom. The first-order valence-electron chi connectivity index (χ1n) is 12.7. The van der Waals surface area contributed by atoms with Crippen molar-refractivity contribution in [3.8, 4) is 0 Å². The van der Waals surface area contributed by atoms with E-state index in [4.69, 9.17) is 0 Å². The number of carboxylic acid groups (broad SMARTS) is 1. The molecule has 0 spiro atoms. The number of aliphatic hydroxyl groups is 1. The van der Waals surface area contributed by atoms with Gasteiger partial charge in [0, 0.05) is 29.1 Å². The number of aliphatic carboxylic acids is 1. The molecule has 12 heteroatoms. The molecule has 1 heterocycles. The van der Waals surface area contributed by atoms with Crippen molar-refractivity contribution in [3.63, 3.8) is 0 Å². The number of carbonyl (C=O) groups is 2. The Kier molecular flexibility index (Phi) is 12.8. The minimum absolute atomic E-state index is 0. The largest absolute Gasteiger partial charge is 1.00 e.